The number of hydrogen-bond acceptors (Lipinski definition) is 0. The highest BCUT2D eigenvalue weighted by Crippen LogP contribution is 2.50. The molecular formula is C19H10F4. The number of fused-ring (bicyclic) bond motifs is 3. The van der Waals surface area contributed by atoms with Crippen LogP contribution in [-0.4, -0.2) is 0 Å². The van der Waals surface area contributed by atoms with Gasteiger partial charge < -0.3 is 0 Å². The molecule has 0 N–H and O–H groups in total. The van der Waals surface area contributed by atoms with Gasteiger partial charge in [0.1, 0.15) is 0 Å². The van der Waals surface area contributed by atoms with E-state index in [4.69, 9.17) is 0 Å². The van der Waals surface area contributed by atoms with Crippen molar-refractivity contribution < 1.29 is 17.6 Å². The third-order valence-electron chi connectivity index (χ3n) is 4.27. The Balaban J connectivity index is 2.13. The molecule has 0 radical (unpaired) electrons. The Morgan fingerprint density at radius 3 is 1.96 bits per heavy atom. The smallest absolute Gasteiger partial charge is 0.198 e. The van der Waals surface area contributed by atoms with Crippen LogP contribution in [0.15, 0.2) is 54.6 Å². The van der Waals surface area contributed by atoms with E-state index >= 15 is 0 Å². The Bertz CT molecular complexity index is 916. The molecule has 1 unspecified atom stereocenters. The van der Waals surface area contributed by atoms with Gasteiger partial charge in [-0.25, -0.2) is 17.6 Å². The summed E-state index contributed by atoms with van der Waals surface area (Å²) < 4.78 is 56.2. The molecular weight excluding hydrogens is 304 g/mol. The van der Waals surface area contributed by atoms with Crippen LogP contribution >= 0.6 is 0 Å². The van der Waals surface area contributed by atoms with Gasteiger partial charge in [-0.1, -0.05) is 54.6 Å². The second-order valence-corrected chi connectivity index (χ2v) is 5.48. The van der Waals surface area contributed by atoms with Crippen LogP contribution < -0.4 is 0 Å². The van der Waals surface area contributed by atoms with Crippen LogP contribution in [0.3, 0.4) is 0 Å². The number of benzene rings is 3. The first-order chi connectivity index (χ1) is 11.1. The summed E-state index contributed by atoms with van der Waals surface area (Å²) in [4.78, 5) is 0. The molecule has 0 fully saturated rings. The zero-order valence-corrected chi connectivity index (χ0v) is 11.8. The van der Waals surface area contributed by atoms with E-state index in [0.717, 1.165) is 0 Å². The van der Waals surface area contributed by atoms with E-state index in [9.17, 15) is 17.6 Å². The molecule has 23 heavy (non-hydrogen) atoms. The highest BCUT2D eigenvalue weighted by molar-refractivity contribution is 5.81. The second kappa shape index (κ2) is 4.95. The zero-order chi connectivity index (χ0) is 16.1. The van der Waals surface area contributed by atoms with Crippen molar-refractivity contribution in [3.8, 4) is 11.1 Å². The summed E-state index contributed by atoms with van der Waals surface area (Å²) in [6, 6.07) is 15.6. The van der Waals surface area contributed by atoms with E-state index in [1.165, 1.54) is 0 Å². The maximum Gasteiger partial charge on any atom is 0.198 e. The van der Waals surface area contributed by atoms with Crippen LogP contribution in [0.5, 0.6) is 0 Å². The zero-order valence-electron chi connectivity index (χ0n) is 11.8. The van der Waals surface area contributed by atoms with E-state index in [1.54, 1.807) is 54.6 Å². The highest BCUT2D eigenvalue weighted by Gasteiger charge is 2.38. The fourth-order valence-electron chi connectivity index (χ4n) is 3.31. The molecule has 0 saturated carbocycles. The van der Waals surface area contributed by atoms with Crippen molar-refractivity contribution in [2.75, 3.05) is 0 Å². The minimum absolute atomic E-state index is 0.145. The lowest BCUT2D eigenvalue weighted by Crippen LogP contribution is -2.06. The lowest BCUT2D eigenvalue weighted by atomic mass is 9.89. The van der Waals surface area contributed by atoms with Crippen molar-refractivity contribution in [3.63, 3.8) is 0 Å². The van der Waals surface area contributed by atoms with Crippen LogP contribution in [-0.2, 0) is 0 Å². The minimum Gasteiger partial charge on any atom is -0.203 e. The van der Waals surface area contributed by atoms with E-state index in [2.05, 4.69) is 0 Å². The number of halogens is 4. The summed E-state index contributed by atoms with van der Waals surface area (Å²) in [5.41, 5.74) is 1.39. The quantitative estimate of drug-likeness (QED) is 0.250. The van der Waals surface area contributed by atoms with E-state index < -0.39 is 29.2 Å². The summed E-state index contributed by atoms with van der Waals surface area (Å²) in [6.07, 6.45) is 0. The molecule has 0 saturated heterocycles. The van der Waals surface area contributed by atoms with Gasteiger partial charge in [-0.15, -0.1) is 0 Å². The third kappa shape index (κ3) is 1.84. The molecule has 0 aromatic heterocycles. The minimum atomic E-state index is -1.77. The maximum atomic E-state index is 14.5. The van der Waals surface area contributed by atoms with Gasteiger partial charge in [0.05, 0.1) is 0 Å². The Morgan fingerprint density at radius 2 is 1.22 bits per heavy atom. The average Bonchev–Trinajstić information content (AvgIpc) is 2.94. The first-order valence-electron chi connectivity index (χ1n) is 7.11. The molecule has 4 heteroatoms. The Kier molecular flexibility index (Phi) is 3.01. The summed E-state index contributed by atoms with van der Waals surface area (Å²) in [5, 5.41) is 0. The van der Waals surface area contributed by atoms with Gasteiger partial charge in [0.25, 0.3) is 0 Å². The molecule has 1 aliphatic carbocycles. The van der Waals surface area contributed by atoms with Gasteiger partial charge in [-0.2, -0.15) is 0 Å². The summed E-state index contributed by atoms with van der Waals surface area (Å²) in [6.45, 7) is 0. The molecule has 0 bridgehead atoms. The van der Waals surface area contributed by atoms with Gasteiger partial charge >= 0.3 is 0 Å². The molecule has 0 nitrogen and oxygen atoms in total. The van der Waals surface area contributed by atoms with Crippen molar-refractivity contribution in [1.29, 1.82) is 0 Å². The van der Waals surface area contributed by atoms with Crippen LogP contribution in [0.2, 0.25) is 0 Å². The number of hydrogen-bond donors (Lipinski definition) is 0. The Hall–Kier alpha value is -2.62. The third-order valence-corrected chi connectivity index (χ3v) is 4.27. The highest BCUT2D eigenvalue weighted by atomic mass is 19.2. The maximum absolute atomic E-state index is 14.5. The lowest BCUT2D eigenvalue weighted by molar-refractivity contribution is 0.406. The van der Waals surface area contributed by atoms with Crippen LogP contribution in [0.25, 0.3) is 11.1 Å². The largest absolute Gasteiger partial charge is 0.203 e. The average molecular weight is 314 g/mol. The second-order valence-electron chi connectivity index (χ2n) is 5.48. The SMILES string of the molecule is Fc1c(F)c(F)c2c(c1F)-c1ccccc1C2c1ccccc1. The van der Waals surface area contributed by atoms with Gasteiger partial charge in [0.2, 0.25) is 0 Å². The predicted octanol–water partition coefficient (Wildman–Crippen LogP) is 5.40. The molecule has 1 aliphatic rings. The van der Waals surface area contributed by atoms with E-state index in [-0.39, 0.29) is 11.1 Å². The topological polar surface area (TPSA) is 0 Å². The van der Waals surface area contributed by atoms with Crippen LogP contribution in [0.4, 0.5) is 17.6 Å². The van der Waals surface area contributed by atoms with Crippen LogP contribution in [0.1, 0.15) is 22.6 Å². The molecule has 0 amide bonds. The normalized spacial score (nSPS) is 15.4. The number of rotatable bonds is 1. The molecule has 4 rings (SSSR count). The van der Waals surface area contributed by atoms with Crippen molar-refractivity contribution in [3.05, 3.63) is 94.6 Å². The monoisotopic (exact) mass is 314 g/mol. The predicted molar refractivity (Wildman–Crippen MR) is 79.1 cm³/mol. The van der Waals surface area contributed by atoms with Gasteiger partial charge in [0.15, 0.2) is 23.3 Å². The van der Waals surface area contributed by atoms with Gasteiger partial charge in [-0.05, 0) is 16.7 Å². The standard InChI is InChI=1S/C19H10F4/c20-16-14-12-9-5-4-8-11(12)13(10-6-2-1-3-7-10)15(14)17(21)19(23)18(16)22/h1-9,13H. The summed E-state index contributed by atoms with van der Waals surface area (Å²) >= 11 is 0. The molecule has 3 aromatic rings. The van der Waals surface area contributed by atoms with E-state index in [0.29, 0.717) is 16.7 Å². The molecule has 114 valence electrons. The molecule has 0 spiro atoms. The van der Waals surface area contributed by atoms with Crippen molar-refractivity contribution in [1.82, 2.24) is 0 Å². The summed E-state index contributed by atoms with van der Waals surface area (Å²) in [5.74, 6) is -6.87. The fourth-order valence-corrected chi connectivity index (χ4v) is 3.31. The molecule has 1 atom stereocenters. The fraction of sp³-hybridized carbons (Fsp3) is 0.0526. The van der Waals surface area contributed by atoms with Crippen molar-refractivity contribution in [2.24, 2.45) is 0 Å². The van der Waals surface area contributed by atoms with Gasteiger partial charge in [0, 0.05) is 17.0 Å². The molecule has 0 heterocycles. The van der Waals surface area contributed by atoms with Crippen LogP contribution in [0, 0.1) is 23.3 Å². The Morgan fingerprint density at radius 1 is 0.609 bits per heavy atom. The van der Waals surface area contributed by atoms with E-state index in [1.807, 2.05) is 0 Å². The van der Waals surface area contributed by atoms with Crippen molar-refractivity contribution >= 4 is 0 Å². The first-order valence-corrected chi connectivity index (χ1v) is 7.11. The Labute approximate surface area is 130 Å². The first kappa shape index (κ1) is 14.0. The van der Waals surface area contributed by atoms with Gasteiger partial charge in [-0.3, -0.25) is 0 Å². The van der Waals surface area contributed by atoms with Crippen molar-refractivity contribution in [2.45, 2.75) is 5.92 Å². The lowest BCUT2D eigenvalue weighted by Gasteiger charge is -2.15. The summed E-state index contributed by atoms with van der Waals surface area (Å²) in [7, 11) is 0. The molecule has 0 aliphatic heterocycles. The molecule has 3 aromatic carbocycles.